The van der Waals surface area contributed by atoms with Crippen molar-refractivity contribution < 1.29 is 18.0 Å². The van der Waals surface area contributed by atoms with E-state index in [1.54, 1.807) is 41.7 Å². The minimum atomic E-state index is -3.64. The molecule has 1 aromatic carbocycles. The summed E-state index contributed by atoms with van der Waals surface area (Å²) in [4.78, 5) is 28.6. The molecular formula is C23H30N4O4S. The molecule has 2 amide bonds. The van der Waals surface area contributed by atoms with Crippen molar-refractivity contribution in [1.82, 2.24) is 19.9 Å². The summed E-state index contributed by atoms with van der Waals surface area (Å²) in [5, 5.41) is 5.14. The van der Waals surface area contributed by atoms with E-state index in [4.69, 9.17) is 0 Å². The fraction of sp³-hybridized carbons (Fsp3) is 0.435. The zero-order chi connectivity index (χ0) is 23.1. The van der Waals surface area contributed by atoms with Crippen molar-refractivity contribution in [2.75, 3.05) is 13.1 Å². The van der Waals surface area contributed by atoms with Gasteiger partial charge in [0.25, 0.3) is 0 Å². The van der Waals surface area contributed by atoms with Crippen LogP contribution < -0.4 is 10.6 Å². The molecular weight excluding hydrogens is 428 g/mol. The van der Waals surface area contributed by atoms with Gasteiger partial charge in [0.15, 0.2) is 0 Å². The summed E-state index contributed by atoms with van der Waals surface area (Å²) < 4.78 is 28.3. The maximum atomic E-state index is 13.4. The minimum absolute atomic E-state index is 0.164. The van der Waals surface area contributed by atoms with Crippen LogP contribution >= 0.6 is 0 Å². The predicted molar refractivity (Wildman–Crippen MR) is 121 cm³/mol. The highest BCUT2D eigenvalue weighted by molar-refractivity contribution is 7.89. The third-order valence-electron chi connectivity index (χ3n) is 5.63. The number of nitrogens with zero attached hydrogens (tertiary/aromatic N) is 2. The zero-order valence-electron chi connectivity index (χ0n) is 18.5. The average molecular weight is 459 g/mol. The van der Waals surface area contributed by atoms with Gasteiger partial charge in [-0.05, 0) is 62.4 Å². The average Bonchev–Trinajstić information content (AvgIpc) is 2.79. The number of aryl methyl sites for hydroxylation is 2. The lowest BCUT2D eigenvalue weighted by Crippen LogP contribution is -2.46. The van der Waals surface area contributed by atoms with E-state index < -0.39 is 21.8 Å². The molecule has 2 aromatic rings. The lowest BCUT2D eigenvalue weighted by atomic mass is 10.0. The Bertz CT molecular complexity index is 1060. The molecule has 0 bridgehead atoms. The van der Waals surface area contributed by atoms with E-state index in [0.29, 0.717) is 23.6 Å². The van der Waals surface area contributed by atoms with Crippen molar-refractivity contribution in [3.8, 4) is 0 Å². The molecule has 1 aliphatic heterocycles. The fourth-order valence-corrected chi connectivity index (χ4v) is 5.91. The maximum absolute atomic E-state index is 13.4. The number of benzene rings is 1. The second-order valence-electron chi connectivity index (χ2n) is 8.08. The first-order valence-corrected chi connectivity index (χ1v) is 12.3. The van der Waals surface area contributed by atoms with Crippen molar-refractivity contribution in [2.45, 2.75) is 57.0 Å². The number of aromatic nitrogens is 1. The zero-order valence-corrected chi connectivity index (χ0v) is 19.3. The number of sulfonamides is 1. The van der Waals surface area contributed by atoms with E-state index >= 15 is 0 Å². The Balaban J connectivity index is 1.56. The van der Waals surface area contributed by atoms with Gasteiger partial charge in [-0.25, -0.2) is 8.42 Å². The molecule has 9 heteroatoms. The second-order valence-corrected chi connectivity index (χ2v) is 9.94. The van der Waals surface area contributed by atoms with Gasteiger partial charge in [0.2, 0.25) is 10.0 Å². The first-order valence-electron chi connectivity index (χ1n) is 10.8. The van der Waals surface area contributed by atoms with Gasteiger partial charge in [0.1, 0.15) is 0 Å². The Morgan fingerprint density at radius 1 is 1.09 bits per heavy atom. The number of rotatable bonds is 7. The van der Waals surface area contributed by atoms with Gasteiger partial charge in [-0.3, -0.25) is 14.6 Å². The first-order chi connectivity index (χ1) is 15.3. The highest BCUT2D eigenvalue weighted by atomic mass is 32.2. The van der Waals surface area contributed by atoms with Gasteiger partial charge in [-0.2, -0.15) is 4.31 Å². The molecule has 2 N–H and O–H groups in total. The monoisotopic (exact) mass is 458 g/mol. The fourth-order valence-electron chi connectivity index (χ4n) is 3.88. The van der Waals surface area contributed by atoms with Crippen LogP contribution in [0.2, 0.25) is 0 Å². The minimum Gasteiger partial charge on any atom is -0.348 e. The van der Waals surface area contributed by atoms with Crippen LogP contribution in [0.15, 0.2) is 47.5 Å². The van der Waals surface area contributed by atoms with E-state index in [0.717, 1.165) is 30.4 Å². The number of amides is 2. The third kappa shape index (κ3) is 5.92. The molecule has 0 unspecified atom stereocenters. The number of hydrogen-bond donors (Lipinski definition) is 2. The maximum Gasteiger partial charge on any atom is 0.309 e. The molecule has 1 saturated heterocycles. The summed E-state index contributed by atoms with van der Waals surface area (Å²) in [6.45, 7) is 4.52. The largest absolute Gasteiger partial charge is 0.348 e. The Hall–Kier alpha value is -2.78. The van der Waals surface area contributed by atoms with E-state index in [9.17, 15) is 18.0 Å². The standard InChI is InChI=1S/C23H30N4O4S/c1-17-9-10-18(2)21(15-17)32(30,31)27-14-6-4-8-20(27)11-13-25-22(28)23(29)26-16-19-7-3-5-12-24-19/h3,5,7,9-10,12,15,20H,4,6,8,11,13-14,16H2,1-2H3,(H,25,28)(H,26,29)/t20-/m1/s1. The number of pyridine rings is 1. The van der Waals surface area contributed by atoms with Crippen LogP contribution in [-0.4, -0.2) is 48.7 Å². The molecule has 1 fully saturated rings. The van der Waals surface area contributed by atoms with E-state index in [1.165, 1.54) is 0 Å². The quantitative estimate of drug-likeness (QED) is 0.618. The highest BCUT2D eigenvalue weighted by Crippen LogP contribution is 2.29. The van der Waals surface area contributed by atoms with Crippen LogP contribution in [0, 0.1) is 13.8 Å². The van der Waals surface area contributed by atoms with Gasteiger partial charge in [-0.1, -0.05) is 24.6 Å². The molecule has 0 spiro atoms. The molecule has 32 heavy (non-hydrogen) atoms. The van der Waals surface area contributed by atoms with Crippen molar-refractivity contribution in [2.24, 2.45) is 0 Å². The normalized spacial score (nSPS) is 17.0. The molecule has 1 atom stereocenters. The molecule has 0 radical (unpaired) electrons. The number of nitrogens with one attached hydrogen (secondary N) is 2. The molecule has 1 aromatic heterocycles. The molecule has 8 nitrogen and oxygen atoms in total. The topological polar surface area (TPSA) is 108 Å². The molecule has 1 aliphatic rings. The molecule has 0 aliphatic carbocycles. The van der Waals surface area contributed by atoms with Crippen LogP contribution in [-0.2, 0) is 26.2 Å². The molecule has 172 valence electrons. The Morgan fingerprint density at radius 3 is 2.62 bits per heavy atom. The summed E-state index contributed by atoms with van der Waals surface area (Å²) in [6, 6.07) is 10.5. The van der Waals surface area contributed by atoms with E-state index in [-0.39, 0.29) is 19.1 Å². The molecule has 3 rings (SSSR count). The second kappa shape index (κ2) is 10.7. The van der Waals surface area contributed by atoms with Crippen LogP contribution in [0.3, 0.4) is 0 Å². The van der Waals surface area contributed by atoms with Crippen LogP contribution in [0.5, 0.6) is 0 Å². The lowest BCUT2D eigenvalue weighted by molar-refractivity contribution is -0.139. The summed E-state index contributed by atoms with van der Waals surface area (Å²) >= 11 is 0. The predicted octanol–water partition coefficient (Wildman–Crippen LogP) is 2.06. The van der Waals surface area contributed by atoms with Crippen molar-refractivity contribution in [3.63, 3.8) is 0 Å². The van der Waals surface area contributed by atoms with Crippen molar-refractivity contribution >= 4 is 21.8 Å². The van der Waals surface area contributed by atoms with Crippen LogP contribution in [0.1, 0.15) is 42.5 Å². The Kier molecular flexibility index (Phi) is 7.98. The lowest BCUT2D eigenvalue weighted by Gasteiger charge is -2.35. The SMILES string of the molecule is Cc1ccc(C)c(S(=O)(=O)N2CCCC[C@@H]2CCNC(=O)C(=O)NCc2ccccn2)c1. The summed E-state index contributed by atoms with van der Waals surface area (Å²) in [5.41, 5.74) is 2.27. The molecule has 0 saturated carbocycles. The van der Waals surface area contributed by atoms with Gasteiger partial charge in [0.05, 0.1) is 17.1 Å². The summed E-state index contributed by atoms with van der Waals surface area (Å²) in [5.74, 6) is -1.47. The van der Waals surface area contributed by atoms with Crippen molar-refractivity contribution in [3.05, 3.63) is 59.4 Å². The van der Waals surface area contributed by atoms with Gasteiger partial charge in [0, 0.05) is 25.3 Å². The Morgan fingerprint density at radius 2 is 1.88 bits per heavy atom. The van der Waals surface area contributed by atoms with Gasteiger partial charge >= 0.3 is 11.8 Å². The number of carbonyl (C=O) groups is 2. The van der Waals surface area contributed by atoms with Gasteiger partial charge < -0.3 is 10.6 Å². The number of carbonyl (C=O) groups excluding carboxylic acids is 2. The van der Waals surface area contributed by atoms with Crippen LogP contribution in [0.4, 0.5) is 0 Å². The first kappa shape index (κ1) is 23.9. The third-order valence-corrected chi connectivity index (χ3v) is 7.72. The Labute approximate surface area is 189 Å². The highest BCUT2D eigenvalue weighted by Gasteiger charge is 2.34. The summed E-state index contributed by atoms with van der Waals surface area (Å²) in [6.07, 6.45) is 4.53. The number of piperidine rings is 1. The number of hydrogen-bond acceptors (Lipinski definition) is 5. The van der Waals surface area contributed by atoms with E-state index in [1.807, 2.05) is 19.1 Å². The van der Waals surface area contributed by atoms with E-state index in [2.05, 4.69) is 15.6 Å². The molecule has 2 heterocycles. The van der Waals surface area contributed by atoms with Crippen LogP contribution in [0.25, 0.3) is 0 Å². The summed E-state index contributed by atoms with van der Waals surface area (Å²) in [7, 11) is -3.64. The van der Waals surface area contributed by atoms with Gasteiger partial charge in [-0.15, -0.1) is 0 Å². The smallest absolute Gasteiger partial charge is 0.309 e. The van der Waals surface area contributed by atoms with Crippen molar-refractivity contribution in [1.29, 1.82) is 0 Å².